The van der Waals surface area contributed by atoms with E-state index in [4.69, 9.17) is 15.2 Å². The Kier molecular flexibility index (Phi) is 4.65. The largest absolute Gasteiger partial charge is 0.490 e. The molecule has 1 aliphatic rings. The molecule has 0 aliphatic carbocycles. The zero-order valence-corrected chi connectivity index (χ0v) is 13.2. The Hall–Kier alpha value is -2.70. The van der Waals surface area contributed by atoms with Gasteiger partial charge in [-0.15, -0.1) is 0 Å². The zero-order chi connectivity index (χ0) is 16.1. The van der Waals surface area contributed by atoms with Gasteiger partial charge in [0.05, 0.1) is 13.2 Å². The van der Waals surface area contributed by atoms with Gasteiger partial charge in [-0.1, -0.05) is 0 Å². The topological polar surface area (TPSA) is 86.7 Å². The van der Waals surface area contributed by atoms with Crippen LogP contribution >= 0.6 is 0 Å². The Morgan fingerprint density at radius 2 is 2.17 bits per heavy atom. The Morgan fingerprint density at radius 1 is 1.35 bits per heavy atom. The molecule has 0 bridgehead atoms. The number of imidazole rings is 1. The summed E-state index contributed by atoms with van der Waals surface area (Å²) in [4.78, 5) is 8.60. The number of hydrogen-bond donors (Lipinski definition) is 2. The third-order valence-corrected chi connectivity index (χ3v) is 3.55. The number of nitrogens with one attached hydrogen (secondary N) is 1. The lowest BCUT2D eigenvalue weighted by Gasteiger charge is -2.10. The molecule has 0 saturated heterocycles. The average molecular weight is 315 g/mol. The van der Waals surface area contributed by atoms with E-state index in [1.54, 1.807) is 6.20 Å². The molecule has 1 aromatic carbocycles. The van der Waals surface area contributed by atoms with Crippen molar-refractivity contribution in [3.63, 3.8) is 0 Å². The van der Waals surface area contributed by atoms with Crippen LogP contribution < -0.4 is 20.5 Å². The highest BCUT2D eigenvalue weighted by Crippen LogP contribution is 2.32. The van der Waals surface area contributed by atoms with Gasteiger partial charge in [0.25, 0.3) is 0 Å². The second-order valence-corrected chi connectivity index (χ2v) is 5.17. The first-order valence-corrected chi connectivity index (χ1v) is 7.73. The molecule has 0 unspecified atom stereocenters. The normalized spacial score (nSPS) is 14.4. The standard InChI is InChI=1S/C16H21N5O2/c1-2-21-7-6-18-15(21)11-19-16(17)20-12-4-5-13-14(10-12)23-9-3-8-22-13/h4-7,10H,2-3,8-9,11H2,1H3,(H3,17,19,20). The molecule has 0 fully saturated rings. The third-order valence-electron chi connectivity index (χ3n) is 3.55. The quantitative estimate of drug-likeness (QED) is 0.665. The van der Waals surface area contributed by atoms with Crippen LogP contribution in [-0.2, 0) is 13.1 Å². The van der Waals surface area contributed by atoms with E-state index in [-0.39, 0.29) is 0 Å². The van der Waals surface area contributed by atoms with Crippen molar-refractivity contribution in [1.82, 2.24) is 9.55 Å². The van der Waals surface area contributed by atoms with Gasteiger partial charge in [-0.3, -0.25) is 0 Å². The van der Waals surface area contributed by atoms with E-state index in [0.29, 0.717) is 25.7 Å². The van der Waals surface area contributed by atoms with Crippen LogP contribution in [0.5, 0.6) is 11.5 Å². The lowest BCUT2D eigenvalue weighted by atomic mass is 10.3. The van der Waals surface area contributed by atoms with Crippen LogP contribution in [0, 0.1) is 0 Å². The Bertz CT molecular complexity index is 696. The van der Waals surface area contributed by atoms with E-state index in [1.807, 2.05) is 29.0 Å². The number of aryl methyl sites for hydroxylation is 1. The summed E-state index contributed by atoms with van der Waals surface area (Å²) in [7, 11) is 0. The number of benzene rings is 1. The summed E-state index contributed by atoms with van der Waals surface area (Å²) in [6.45, 7) is 4.69. The molecule has 122 valence electrons. The SMILES string of the molecule is CCn1ccnc1CN=C(N)Nc1ccc2c(c1)OCCCO2. The van der Waals surface area contributed by atoms with Crippen molar-refractivity contribution >= 4 is 11.6 Å². The first kappa shape index (κ1) is 15.2. The predicted octanol–water partition coefficient (Wildman–Crippen LogP) is 1.99. The summed E-state index contributed by atoms with van der Waals surface area (Å²) in [5.74, 6) is 2.71. The molecular formula is C16H21N5O2. The molecular weight excluding hydrogens is 294 g/mol. The van der Waals surface area contributed by atoms with Gasteiger partial charge in [-0.2, -0.15) is 0 Å². The summed E-state index contributed by atoms with van der Waals surface area (Å²) in [5.41, 5.74) is 6.76. The molecule has 23 heavy (non-hydrogen) atoms. The van der Waals surface area contributed by atoms with Crippen molar-refractivity contribution < 1.29 is 9.47 Å². The number of guanidine groups is 1. The molecule has 0 radical (unpaired) electrons. The van der Waals surface area contributed by atoms with Gasteiger partial charge in [0.2, 0.25) is 0 Å². The first-order chi connectivity index (χ1) is 11.3. The van der Waals surface area contributed by atoms with Gasteiger partial charge in [-0.25, -0.2) is 9.98 Å². The molecule has 0 amide bonds. The van der Waals surface area contributed by atoms with Gasteiger partial charge >= 0.3 is 0 Å². The van der Waals surface area contributed by atoms with Crippen molar-refractivity contribution in [2.75, 3.05) is 18.5 Å². The Balaban J connectivity index is 1.66. The smallest absolute Gasteiger partial charge is 0.193 e. The van der Waals surface area contributed by atoms with Crippen LogP contribution in [0.25, 0.3) is 0 Å². The molecule has 3 rings (SSSR count). The minimum atomic E-state index is 0.338. The highest BCUT2D eigenvalue weighted by molar-refractivity contribution is 5.92. The number of nitrogens with two attached hydrogens (primary N) is 1. The fourth-order valence-electron chi connectivity index (χ4n) is 2.36. The Labute approximate surface area is 135 Å². The minimum Gasteiger partial charge on any atom is -0.490 e. The van der Waals surface area contributed by atoms with Crippen molar-refractivity contribution in [1.29, 1.82) is 0 Å². The second-order valence-electron chi connectivity index (χ2n) is 5.17. The average Bonchev–Trinajstić information content (AvgIpc) is 2.89. The third kappa shape index (κ3) is 3.74. The molecule has 0 atom stereocenters. The molecule has 3 N–H and O–H groups in total. The number of aromatic nitrogens is 2. The number of rotatable bonds is 4. The summed E-state index contributed by atoms with van der Waals surface area (Å²) in [6, 6.07) is 5.64. The maximum absolute atomic E-state index is 5.95. The van der Waals surface area contributed by atoms with Gasteiger partial charge < -0.3 is 25.1 Å². The first-order valence-electron chi connectivity index (χ1n) is 7.73. The number of fused-ring (bicyclic) bond motifs is 1. The molecule has 1 aromatic heterocycles. The molecule has 2 aromatic rings. The lowest BCUT2D eigenvalue weighted by Crippen LogP contribution is -2.22. The van der Waals surface area contributed by atoms with E-state index in [1.165, 1.54) is 0 Å². The van der Waals surface area contributed by atoms with Crippen LogP contribution in [0.4, 0.5) is 5.69 Å². The van der Waals surface area contributed by atoms with Crippen molar-refractivity contribution in [2.24, 2.45) is 10.7 Å². The summed E-state index contributed by atoms with van der Waals surface area (Å²) in [5, 5.41) is 3.07. The lowest BCUT2D eigenvalue weighted by molar-refractivity contribution is 0.297. The minimum absolute atomic E-state index is 0.338. The van der Waals surface area contributed by atoms with Crippen LogP contribution in [0.1, 0.15) is 19.2 Å². The van der Waals surface area contributed by atoms with Crippen molar-refractivity contribution in [3.05, 3.63) is 36.4 Å². The van der Waals surface area contributed by atoms with Crippen LogP contribution in [-0.4, -0.2) is 28.7 Å². The maximum Gasteiger partial charge on any atom is 0.193 e. The molecule has 0 spiro atoms. The van der Waals surface area contributed by atoms with Crippen molar-refractivity contribution in [2.45, 2.75) is 26.4 Å². The van der Waals surface area contributed by atoms with Gasteiger partial charge in [0.1, 0.15) is 12.4 Å². The fraction of sp³-hybridized carbons (Fsp3) is 0.375. The highest BCUT2D eigenvalue weighted by atomic mass is 16.5. The number of nitrogens with zero attached hydrogens (tertiary/aromatic N) is 3. The van der Waals surface area contributed by atoms with Crippen LogP contribution in [0.2, 0.25) is 0 Å². The van der Waals surface area contributed by atoms with Crippen LogP contribution in [0.3, 0.4) is 0 Å². The molecule has 1 aliphatic heterocycles. The van der Waals surface area contributed by atoms with E-state index in [0.717, 1.165) is 36.0 Å². The molecule has 7 nitrogen and oxygen atoms in total. The molecule has 7 heteroatoms. The maximum atomic E-state index is 5.95. The van der Waals surface area contributed by atoms with E-state index < -0.39 is 0 Å². The molecule has 0 saturated carbocycles. The monoisotopic (exact) mass is 315 g/mol. The second kappa shape index (κ2) is 7.04. The highest BCUT2D eigenvalue weighted by Gasteiger charge is 2.11. The number of hydrogen-bond acceptors (Lipinski definition) is 4. The fourth-order valence-corrected chi connectivity index (χ4v) is 2.36. The Morgan fingerprint density at radius 3 is 3.00 bits per heavy atom. The van der Waals surface area contributed by atoms with E-state index in [2.05, 4.69) is 22.2 Å². The van der Waals surface area contributed by atoms with E-state index in [9.17, 15) is 0 Å². The van der Waals surface area contributed by atoms with Gasteiger partial charge in [0.15, 0.2) is 17.5 Å². The summed E-state index contributed by atoms with van der Waals surface area (Å²) < 4.78 is 13.3. The molecule has 2 heterocycles. The van der Waals surface area contributed by atoms with Gasteiger partial charge in [0, 0.05) is 37.1 Å². The van der Waals surface area contributed by atoms with Crippen LogP contribution in [0.15, 0.2) is 35.6 Å². The van der Waals surface area contributed by atoms with Crippen molar-refractivity contribution in [3.8, 4) is 11.5 Å². The predicted molar refractivity (Wildman–Crippen MR) is 88.9 cm³/mol. The number of ether oxygens (including phenoxy) is 2. The summed E-state index contributed by atoms with van der Waals surface area (Å²) >= 11 is 0. The number of anilines is 1. The number of aliphatic imine (C=N–C) groups is 1. The van der Waals surface area contributed by atoms with E-state index >= 15 is 0 Å². The van der Waals surface area contributed by atoms with Gasteiger partial charge in [-0.05, 0) is 19.1 Å². The zero-order valence-electron chi connectivity index (χ0n) is 13.2. The summed E-state index contributed by atoms with van der Waals surface area (Å²) in [6.07, 6.45) is 4.57.